The fourth-order valence-electron chi connectivity index (χ4n) is 4.86. The Morgan fingerprint density at radius 3 is 2.64 bits per heavy atom. The minimum atomic E-state index is -0.166. The van der Waals surface area contributed by atoms with Gasteiger partial charge in [0, 0.05) is 44.6 Å². The maximum Gasteiger partial charge on any atom is 0.345 e. The van der Waals surface area contributed by atoms with Crippen LogP contribution in [0.25, 0.3) is 0 Å². The third-order valence-electron chi connectivity index (χ3n) is 6.23. The number of aliphatic imine (C=N–C) groups is 1. The number of nitrogens with two attached hydrogens (primary N) is 1. The van der Waals surface area contributed by atoms with Crippen molar-refractivity contribution in [2.75, 3.05) is 26.2 Å². The van der Waals surface area contributed by atoms with Crippen LogP contribution in [0.2, 0.25) is 0 Å². The van der Waals surface area contributed by atoms with E-state index >= 15 is 0 Å². The van der Waals surface area contributed by atoms with E-state index in [9.17, 15) is 4.79 Å². The number of rotatable bonds is 2. The Balaban J connectivity index is 1.26. The molecule has 0 radical (unpaired) electrons. The van der Waals surface area contributed by atoms with Gasteiger partial charge in [-0.05, 0) is 50.5 Å². The Kier molecular flexibility index (Phi) is 4.27. The second kappa shape index (κ2) is 6.44. The lowest BCUT2D eigenvalue weighted by Crippen LogP contribution is -2.54. The highest BCUT2D eigenvalue weighted by Gasteiger charge is 2.51. The molecule has 1 aliphatic carbocycles. The summed E-state index contributed by atoms with van der Waals surface area (Å²) in [4.78, 5) is 20.5. The van der Waals surface area contributed by atoms with E-state index in [1.54, 1.807) is 6.92 Å². The van der Waals surface area contributed by atoms with Crippen molar-refractivity contribution in [3.8, 4) is 0 Å². The fraction of sp³-hybridized carbons (Fsp3) is 0.722. The minimum Gasteiger partial charge on any atom is -0.387 e. The number of amides is 2. The summed E-state index contributed by atoms with van der Waals surface area (Å²) in [6, 6.07) is 3.08. The van der Waals surface area contributed by atoms with Gasteiger partial charge in [-0.25, -0.2) is 4.79 Å². The molecule has 1 spiro atoms. The molecule has 7 nitrogen and oxygen atoms in total. The third-order valence-corrected chi connectivity index (χ3v) is 6.23. The lowest BCUT2D eigenvalue weighted by Gasteiger charge is -2.51. The normalized spacial score (nSPS) is 31.5. The van der Waals surface area contributed by atoms with Gasteiger partial charge >= 0.3 is 6.03 Å². The molecule has 25 heavy (non-hydrogen) atoms. The van der Waals surface area contributed by atoms with Crippen LogP contribution in [0.4, 0.5) is 4.79 Å². The zero-order valence-electron chi connectivity index (χ0n) is 15.0. The van der Waals surface area contributed by atoms with Crippen molar-refractivity contribution in [1.82, 2.24) is 19.6 Å². The summed E-state index contributed by atoms with van der Waals surface area (Å²) in [5, 5.41) is 4.39. The van der Waals surface area contributed by atoms with Crippen molar-refractivity contribution in [1.29, 1.82) is 0 Å². The molecule has 0 aromatic carbocycles. The molecule has 3 fully saturated rings. The summed E-state index contributed by atoms with van der Waals surface area (Å²) < 4.78 is 2.11. The molecule has 0 bridgehead atoms. The highest BCUT2D eigenvalue weighted by Crippen LogP contribution is 2.50. The summed E-state index contributed by atoms with van der Waals surface area (Å²) in [7, 11) is 0. The largest absolute Gasteiger partial charge is 0.387 e. The van der Waals surface area contributed by atoms with Crippen molar-refractivity contribution < 1.29 is 4.79 Å². The molecule has 0 atom stereocenters. The van der Waals surface area contributed by atoms with E-state index in [4.69, 9.17) is 5.73 Å². The summed E-state index contributed by atoms with van der Waals surface area (Å²) >= 11 is 0. The maximum atomic E-state index is 12.1. The van der Waals surface area contributed by atoms with Crippen molar-refractivity contribution in [2.45, 2.75) is 51.1 Å². The fourth-order valence-corrected chi connectivity index (χ4v) is 4.86. The monoisotopic (exact) mass is 344 g/mol. The first-order chi connectivity index (χ1) is 12.0. The lowest BCUT2D eigenvalue weighted by molar-refractivity contribution is -0.00702. The smallest absolute Gasteiger partial charge is 0.345 e. The second-order valence-electron chi connectivity index (χ2n) is 8.02. The summed E-state index contributed by atoms with van der Waals surface area (Å²) in [5.41, 5.74) is 5.86. The average Bonchev–Trinajstić information content (AvgIpc) is 3.23. The second-order valence-corrected chi connectivity index (χ2v) is 8.02. The molecule has 136 valence electrons. The molecule has 1 saturated carbocycles. The minimum absolute atomic E-state index is 0.166. The SMILES string of the molecule is C/C(N)=N/C(=O)N1CCC2(CC(N3CCC(n4cccn4)CC3)C2)C1. The first-order valence-corrected chi connectivity index (χ1v) is 9.38. The first-order valence-electron chi connectivity index (χ1n) is 9.38. The Hall–Kier alpha value is -1.89. The van der Waals surface area contributed by atoms with E-state index in [2.05, 4.69) is 25.9 Å². The van der Waals surface area contributed by atoms with Crippen LogP contribution in [-0.4, -0.2) is 63.7 Å². The lowest BCUT2D eigenvalue weighted by atomic mass is 9.64. The molecule has 2 N–H and O–H groups in total. The maximum absolute atomic E-state index is 12.1. The van der Waals surface area contributed by atoms with E-state index in [0.29, 0.717) is 23.3 Å². The van der Waals surface area contributed by atoms with Crippen LogP contribution >= 0.6 is 0 Å². The molecule has 4 rings (SSSR count). The molecule has 2 saturated heterocycles. The molecule has 3 aliphatic rings. The molecular formula is C18H28N6O. The number of hydrogen-bond donors (Lipinski definition) is 1. The van der Waals surface area contributed by atoms with Gasteiger partial charge in [0.1, 0.15) is 5.84 Å². The number of piperidine rings is 1. The zero-order chi connectivity index (χ0) is 17.4. The predicted molar refractivity (Wildman–Crippen MR) is 96.4 cm³/mol. The van der Waals surface area contributed by atoms with Crippen molar-refractivity contribution >= 4 is 11.9 Å². The van der Waals surface area contributed by atoms with Crippen LogP contribution in [0.15, 0.2) is 23.5 Å². The number of aromatic nitrogens is 2. The number of carbonyl (C=O) groups excluding carboxylic acids is 1. The summed E-state index contributed by atoms with van der Waals surface area (Å²) in [6.07, 6.45) is 9.85. The van der Waals surface area contributed by atoms with Crippen molar-refractivity contribution in [3.63, 3.8) is 0 Å². The Bertz CT molecular complexity index is 637. The van der Waals surface area contributed by atoms with Gasteiger partial charge in [-0.1, -0.05) is 0 Å². The molecule has 0 unspecified atom stereocenters. The number of likely N-dealkylation sites (tertiary alicyclic amines) is 2. The van der Waals surface area contributed by atoms with Gasteiger partial charge in [-0.15, -0.1) is 0 Å². The van der Waals surface area contributed by atoms with Gasteiger partial charge in [-0.3, -0.25) is 4.68 Å². The topological polar surface area (TPSA) is 79.8 Å². The van der Waals surface area contributed by atoms with Crippen molar-refractivity contribution in [3.05, 3.63) is 18.5 Å². The van der Waals surface area contributed by atoms with Gasteiger partial charge in [0.05, 0.1) is 6.04 Å². The average molecular weight is 344 g/mol. The molecule has 1 aromatic heterocycles. The number of amidine groups is 1. The van der Waals surface area contributed by atoms with Crippen LogP contribution in [0.5, 0.6) is 0 Å². The van der Waals surface area contributed by atoms with E-state index in [0.717, 1.165) is 32.6 Å². The molecule has 3 heterocycles. The quantitative estimate of drug-likeness (QED) is 0.656. The first kappa shape index (κ1) is 16.6. The van der Waals surface area contributed by atoms with Crippen molar-refractivity contribution in [2.24, 2.45) is 16.1 Å². The van der Waals surface area contributed by atoms with E-state index in [1.165, 1.54) is 25.7 Å². The Morgan fingerprint density at radius 1 is 1.24 bits per heavy atom. The standard InChI is InChI=1S/C18H28N6O/c1-14(19)21-17(25)23-10-5-18(13-23)11-16(12-18)22-8-3-15(4-9-22)24-7-2-6-20-24/h2,6-7,15-16H,3-5,8-13H2,1H3,(H2,19,21,25). The van der Waals surface area contributed by atoms with E-state index in [-0.39, 0.29) is 6.03 Å². The summed E-state index contributed by atoms with van der Waals surface area (Å²) in [5.74, 6) is 0.345. The predicted octanol–water partition coefficient (Wildman–Crippen LogP) is 1.87. The molecule has 2 aliphatic heterocycles. The highest BCUT2D eigenvalue weighted by atomic mass is 16.2. The van der Waals surface area contributed by atoms with Crippen LogP contribution in [0.1, 0.15) is 45.1 Å². The number of carbonyl (C=O) groups is 1. The van der Waals surface area contributed by atoms with Gasteiger partial charge < -0.3 is 15.5 Å². The molecule has 2 amide bonds. The Labute approximate surface area is 148 Å². The van der Waals surface area contributed by atoms with Crippen LogP contribution in [0.3, 0.4) is 0 Å². The van der Waals surface area contributed by atoms with Gasteiger partial charge in [0.15, 0.2) is 0 Å². The van der Waals surface area contributed by atoms with Gasteiger partial charge in [-0.2, -0.15) is 10.1 Å². The Morgan fingerprint density at radius 2 is 2.00 bits per heavy atom. The molecule has 1 aromatic rings. The number of hydrogen-bond acceptors (Lipinski definition) is 3. The molecule has 7 heteroatoms. The zero-order valence-corrected chi connectivity index (χ0v) is 15.0. The number of urea groups is 1. The van der Waals surface area contributed by atoms with Crippen LogP contribution in [0, 0.1) is 5.41 Å². The van der Waals surface area contributed by atoms with E-state index < -0.39 is 0 Å². The third kappa shape index (κ3) is 3.29. The van der Waals surface area contributed by atoms with Crippen LogP contribution < -0.4 is 5.73 Å². The van der Waals surface area contributed by atoms with Gasteiger partial charge in [0.25, 0.3) is 0 Å². The highest BCUT2D eigenvalue weighted by molar-refractivity contribution is 5.91. The van der Waals surface area contributed by atoms with Gasteiger partial charge in [0.2, 0.25) is 0 Å². The molecular weight excluding hydrogens is 316 g/mol. The summed E-state index contributed by atoms with van der Waals surface area (Å²) in [6.45, 7) is 5.65. The van der Waals surface area contributed by atoms with E-state index in [1.807, 2.05) is 17.2 Å². The number of nitrogens with zero attached hydrogens (tertiary/aromatic N) is 5. The van der Waals surface area contributed by atoms with Crippen LogP contribution in [-0.2, 0) is 0 Å².